The molecule has 3 N–H and O–H groups in total. The van der Waals surface area contributed by atoms with E-state index in [9.17, 15) is 17.6 Å². The van der Waals surface area contributed by atoms with E-state index in [1.54, 1.807) is 32.2 Å². The minimum atomic E-state index is -3.63. The number of carbonyl (C=O) groups excluding carboxylic acids is 1. The summed E-state index contributed by atoms with van der Waals surface area (Å²) in [4.78, 5) is 19.5. The summed E-state index contributed by atoms with van der Waals surface area (Å²) in [6.07, 6.45) is 3.48. The van der Waals surface area contributed by atoms with E-state index in [4.69, 9.17) is 0 Å². The first-order valence-corrected chi connectivity index (χ1v) is 11.5. The Morgan fingerprint density at radius 1 is 1.27 bits per heavy atom. The van der Waals surface area contributed by atoms with E-state index in [0.717, 1.165) is 18.2 Å². The molecular weight excluding hydrogens is 407 g/mol. The molecule has 1 aliphatic carbocycles. The first-order chi connectivity index (χ1) is 14.2. The first kappa shape index (κ1) is 20.3. The van der Waals surface area contributed by atoms with Gasteiger partial charge < -0.3 is 10.3 Å². The van der Waals surface area contributed by atoms with Crippen LogP contribution in [0.5, 0.6) is 0 Å². The number of aromatic nitrogens is 2. The fourth-order valence-electron chi connectivity index (χ4n) is 3.33. The number of benzene rings is 1. The Hall–Kier alpha value is -2.94. The van der Waals surface area contributed by atoms with Crippen LogP contribution in [0.1, 0.15) is 26.7 Å². The number of halogens is 1. The van der Waals surface area contributed by atoms with Gasteiger partial charge in [-0.2, -0.15) is 0 Å². The average Bonchev–Trinajstić information content (AvgIpc) is 3.40. The van der Waals surface area contributed by atoms with Gasteiger partial charge in [0.1, 0.15) is 17.3 Å². The molecule has 9 heteroatoms. The van der Waals surface area contributed by atoms with Gasteiger partial charge in [0.2, 0.25) is 15.9 Å². The van der Waals surface area contributed by atoms with Gasteiger partial charge in [-0.3, -0.25) is 9.52 Å². The smallest absolute Gasteiger partial charge is 0.233 e. The van der Waals surface area contributed by atoms with Crippen LogP contribution in [0, 0.1) is 17.7 Å². The standard InChI is InChI=1S/C21H23FN4O3S/c1-12(2)11-30(28,29)26-18-6-5-14(9-17(18)22)16-10-19(25-21(27)13-3-4-13)24-20-15(16)7-8-23-20/h5-10,12-13,26H,3-4,11H2,1-2H3,(H2,23,24,25,27). The molecule has 1 aromatic carbocycles. The third kappa shape index (κ3) is 4.46. The monoisotopic (exact) mass is 430 g/mol. The molecule has 2 aromatic heterocycles. The molecule has 0 aliphatic heterocycles. The summed E-state index contributed by atoms with van der Waals surface area (Å²) in [5, 5.41) is 3.59. The molecule has 0 unspecified atom stereocenters. The van der Waals surface area contributed by atoms with Crippen molar-refractivity contribution < 1.29 is 17.6 Å². The lowest BCUT2D eigenvalue weighted by molar-refractivity contribution is -0.117. The number of anilines is 2. The third-order valence-electron chi connectivity index (χ3n) is 4.83. The number of fused-ring (bicyclic) bond motifs is 1. The van der Waals surface area contributed by atoms with Crippen LogP contribution in [0.2, 0.25) is 0 Å². The number of hydrogen-bond acceptors (Lipinski definition) is 4. The summed E-state index contributed by atoms with van der Waals surface area (Å²) in [7, 11) is -3.63. The van der Waals surface area contributed by atoms with Crippen molar-refractivity contribution in [3.63, 3.8) is 0 Å². The van der Waals surface area contributed by atoms with Crippen molar-refractivity contribution in [2.24, 2.45) is 11.8 Å². The van der Waals surface area contributed by atoms with Gasteiger partial charge in [-0.1, -0.05) is 19.9 Å². The van der Waals surface area contributed by atoms with E-state index in [2.05, 4.69) is 20.0 Å². The average molecular weight is 431 g/mol. The number of nitrogens with zero attached hydrogens (tertiary/aromatic N) is 1. The highest BCUT2D eigenvalue weighted by atomic mass is 32.2. The van der Waals surface area contributed by atoms with Gasteiger partial charge in [-0.05, 0) is 54.2 Å². The summed E-state index contributed by atoms with van der Waals surface area (Å²) >= 11 is 0. The fraction of sp³-hybridized carbons (Fsp3) is 0.333. The van der Waals surface area contributed by atoms with E-state index in [-0.39, 0.29) is 29.2 Å². The second kappa shape index (κ2) is 7.71. The molecule has 0 saturated heterocycles. The summed E-state index contributed by atoms with van der Waals surface area (Å²) in [6, 6.07) is 7.85. The predicted octanol–water partition coefficient (Wildman–Crippen LogP) is 4.12. The Bertz CT molecular complexity index is 1220. The number of H-pyrrole nitrogens is 1. The molecule has 2 heterocycles. The summed E-state index contributed by atoms with van der Waals surface area (Å²) in [5.41, 5.74) is 1.71. The Labute approximate surface area is 174 Å². The van der Waals surface area contributed by atoms with Crippen LogP contribution in [0.15, 0.2) is 36.5 Å². The Morgan fingerprint density at radius 2 is 2.03 bits per heavy atom. The van der Waals surface area contributed by atoms with E-state index >= 15 is 0 Å². The number of carbonyl (C=O) groups is 1. The Kier molecular flexibility index (Phi) is 5.23. The number of hydrogen-bond donors (Lipinski definition) is 3. The maximum atomic E-state index is 14.7. The van der Waals surface area contributed by atoms with Crippen LogP contribution >= 0.6 is 0 Å². The highest BCUT2D eigenvalue weighted by molar-refractivity contribution is 7.92. The maximum Gasteiger partial charge on any atom is 0.233 e. The molecule has 0 radical (unpaired) electrons. The number of pyridine rings is 1. The number of amides is 1. The van der Waals surface area contributed by atoms with Crippen LogP contribution in [0.3, 0.4) is 0 Å². The van der Waals surface area contributed by atoms with Crippen molar-refractivity contribution in [3.05, 3.63) is 42.3 Å². The van der Waals surface area contributed by atoms with Crippen LogP contribution < -0.4 is 10.0 Å². The van der Waals surface area contributed by atoms with E-state index in [1.165, 1.54) is 12.1 Å². The first-order valence-electron chi connectivity index (χ1n) is 9.81. The van der Waals surface area contributed by atoms with Gasteiger partial charge in [0.25, 0.3) is 0 Å². The molecule has 7 nitrogen and oxygen atoms in total. The molecule has 0 spiro atoms. The van der Waals surface area contributed by atoms with Gasteiger partial charge in [0.05, 0.1) is 11.4 Å². The van der Waals surface area contributed by atoms with Crippen LogP contribution in [-0.4, -0.2) is 30.0 Å². The summed E-state index contributed by atoms with van der Waals surface area (Å²) in [6.45, 7) is 3.56. The van der Waals surface area contributed by atoms with Crippen LogP contribution in [-0.2, 0) is 14.8 Å². The molecule has 1 saturated carbocycles. The zero-order valence-corrected chi connectivity index (χ0v) is 17.5. The molecule has 1 aliphatic rings. The minimum Gasteiger partial charge on any atom is -0.346 e. The molecule has 1 amide bonds. The second-order valence-corrected chi connectivity index (χ2v) is 9.80. The van der Waals surface area contributed by atoms with Crippen LogP contribution in [0.25, 0.3) is 22.2 Å². The molecule has 0 atom stereocenters. The SMILES string of the molecule is CC(C)CS(=O)(=O)Nc1ccc(-c2cc(NC(=O)C3CC3)nc3[nH]ccc23)cc1F. The van der Waals surface area contributed by atoms with Crippen molar-refractivity contribution in [1.29, 1.82) is 0 Å². The number of nitrogens with one attached hydrogen (secondary N) is 3. The van der Waals surface area contributed by atoms with E-state index in [0.29, 0.717) is 22.6 Å². The molecule has 1 fully saturated rings. The van der Waals surface area contributed by atoms with Gasteiger partial charge in [-0.15, -0.1) is 0 Å². The van der Waals surface area contributed by atoms with Crippen molar-refractivity contribution >= 4 is 38.5 Å². The van der Waals surface area contributed by atoms with E-state index in [1.807, 2.05) is 6.07 Å². The van der Waals surface area contributed by atoms with Crippen molar-refractivity contribution in [2.45, 2.75) is 26.7 Å². The molecule has 158 valence electrons. The maximum absolute atomic E-state index is 14.7. The molecule has 3 aromatic rings. The highest BCUT2D eigenvalue weighted by Crippen LogP contribution is 2.34. The Balaban J connectivity index is 1.67. The highest BCUT2D eigenvalue weighted by Gasteiger charge is 2.30. The lowest BCUT2D eigenvalue weighted by Gasteiger charge is -2.13. The number of rotatable bonds is 7. The quantitative estimate of drug-likeness (QED) is 0.525. The molecule has 4 rings (SSSR count). The third-order valence-corrected chi connectivity index (χ3v) is 6.46. The largest absolute Gasteiger partial charge is 0.346 e. The van der Waals surface area contributed by atoms with Crippen molar-refractivity contribution in [2.75, 3.05) is 15.8 Å². The molecule has 0 bridgehead atoms. The summed E-state index contributed by atoms with van der Waals surface area (Å²) in [5.74, 6) is -0.492. The van der Waals surface area contributed by atoms with E-state index < -0.39 is 15.8 Å². The topological polar surface area (TPSA) is 104 Å². The second-order valence-electron chi connectivity index (χ2n) is 8.03. The predicted molar refractivity (Wildman–Crippen MR) is 115 cm³/mol. The zero-order chi connectivity index (χ0) is 21.5. The van der Waals surface area contributed by atoms with Crippen LogP contribution in [0.4, 0.5) is 15.9 Å². The number of sulfonamides is 1. The zero-order valence-electron chi connectivity index (χ0n) is 16.7. The lowest BCUT2D eigenvalue weighted by Crippen LogP contribution is -2.20. The van der Waals surface area contributed by atoms with Crippen molar-refractivity contribution in [1.82, 2.24) is 9.97 Å². The Morgan fingerprint density at radius 3 is 2.70 bits per heavy atom. The van der Waals surface area contributed by atoms with Crippen molar-refractivity contribution in [3.8, 4) is 11.1 Å². The fourth-order valence-corrected chi connectivity index (χ4v) is 4.79. The van der Waals surface area contributed by atoms with Gasteiger partial charge >= 0.3 is 0 Å². The molecule has 30 heavy (non-hydrogen) atoms. The van der Waals surface area contributed by atoms with Gasteiger partial charge in [-0.25, -0.2) is 17.8 Å². The van der Waals surface area contributed by atoms with Gasteiger partial charge in [0, 0.05) is 17.5 Å². The summed E-state index contributed by atoms with van der Waals surface area (Å²) < 4.78 is 41.3. The minimum absolute atomic E-state index is 0.0326. The normalized spacial score (nSPS) is 14.3. The molecular formula is C21H23FN4O3S. The number of aromatic amines is 1. The van der Waals surface area contributed by atoms with Gasteiger partial charge in [0.15, 0.2) is 0 Å². The lowest BCUT2D eigenvalue weighted by atomic mass is 10.0.